The zero-order valence-electron chi connectivity index (χ0n) is 9.48. The van der Waals surface area contributed by atoms with Crippen molar-refractivity contribution in [3.63, 3.8) is 0 Å². The van der Waals surface area contributed by atoms with E-state index in [9.17, 15) is 10.1 Å². The van der Waals surface area contributed by atoms with Crippen LogP contribution in [0.25, 0.3) is 0 Å². The molecule has 90 valence electrons. The van der Waals surface area contributed by atoms with Gasteiger partial charge in [0.15, 0.2) is 0 Å². The highest BCUT2D eigenvalue weighted by Gasteiger charge is 2.10. The predicted molar refractivity (Wildman–Crippen MR) is 70.8 cm³/mol. The van der Waals surface area contributed by atoms with E-state index >= 15 is 0 Å². The standard InChI is InChI=1S/C13H11N3O2/c17-16(18)13-9-5-4-8-12(13)15-14-10-11-6-2-1-3-7-11/h1-10,15H/b14-10-. The minimum atomic E-state index is -0.444. The molecule has 0 aliphatic rings. The fourth-order valence-corrected chi connectivity index (χ4v) is 1.44. The number of rotatable bonds is 4. The highest BCUT2D eigenvalue weighted by molar-refractivity contribution is 5.80. The van der Waals surface area contributed by atoms with Crippen molar-refractivity contribution in [2.45, 2.75) is 0 Å². The van der Waals surface area contributed by atoms with Crippen LogP contribution in [0.3, 0.4) is 0 Å². The Balaban J connectivity index is 2.11. The zero-order chi connectivity index (χ0) is 12.8. The molecule has 0 aliphatic carbocycles. The van der Waals surface area contributed by atoms with Crippen molar-refractivity contribution in [1.29, 1.82) is 0 Å². The highest BCUT2D eigenvalue weighted by atomic mass is 16.6. The summed E-state index contributed by atoms with van der Waals surface area (Å²) in [4.78, 5) is 10.3. The van der Waals surface area contributed by atoms with Gasteiger partial charge in [-0.1, -0.05) is 42.5 Å². The third-order valence-electron chi connectivity index (χ3n) is 2.30. The van der Waals surface area contributed by atoms with Gasteiger partial charge in [-0.15, -0.1) is 0 Å². The van der Waals surface area contributed by atoms with Crippen molar-refractivity contribution in [1.82, 2.24) is 0 Å². The number of hydrazone groups is 1. The van der Waals surface area contributed by atoms with E-state index in [4.69, 9.17) is 0 Å². The van der Waals surface area contributed by atoms with E-state index in [1.54, 1.807) is 24.4 Å². The number of anilines is 1. The molecule has 0 fully saturated rings. The Kier molecular flexibility index (Phi) is 3.66. The van der Waals surface area contributed by atoms with Crippen molar-refractivity contribution in [3.8, 4) is 0 Å². The molecule has 0 spiro atoms. The van der Waals surface area contributed by atoms with Crippen LogP contribution in [0.2, 0.25) is 0 Å². The Labute approximate surface area is 104 Å². The summed E-state index contributed by atoms with van der Waals surface area (Å²) in [6, 6.07) is 15.9. The summed E-state index contributed by atoms with van der Waals surface area (Å²) >= 11 is 0. The van der Waals surface area contributed by atoms with E-state index in [1.807, 2.05) is 30.3 Å². The van der Waals surface area contributed by atoms with Crippen molar-refractivity contribution < 1.29 is 4.92 Å². The van der Waals surface area contributed by atoms with Gasteiger partial charge in [0.05, 0.1) is 11.1 Å². The molecule has 2 rings (SSSR count). The van der Waals surface area contributed by atoms with E-state index in [1.165, 1.54) is 6.07 Å². The molecule has 2 aromatic carbocycles. The summed E-state index contributed by atoms with van der Waals surface area (Å²) in [6.45, 7) is 0. The van der Waals surface area contributed by atoms with E-state index in [-0.39, 0.29) is 5.69 Å². The van der Waals surface area contributed by atoms with Gasteiger partial charge in [0.2, 0.25) is 0 Å². The third kappa shape index (κ3) is 2.91. The van der Waals surface area contributed by atoms with Crippen molar-refractivity contribution in [3.05, 3.63) is 70.3 Å². The number of nitro benzene ring substituents is 1. The first-order chi connectivity index (χ1) is 8.77. The molecule has 0 aliphatic heterocycles. The number of nitro groups is 1. The normalized spacial score (nSPS) is 10.4. The smallest absolute Gasteiger partial charge is 0.272 e. The summed E-state index contributed by atoms with van der Waals surface area (Å²) in [5.41, 5.74) is 3.96. The summed E-state index contributed by atoms with van der Waals surface area (Å²) in [6.07, 6.45) is 1.61. The fraction of sp³-hybridized carbons (Fsp3) is 0. The first kappa shape index (κ1) is 11.8. The highest BCUT2D eigenvalue weighted by Crippen LogP contribution is 2.22. The van der Waals surface area contributed by atoms with Crippen molar-refractivity contribution in [2.24, 2.45) is 5.10 Å². The van der Waals surface area contributed by atoms with Crippen LogP contribution in [0.1, 0.15) is 5.56 Å². The van der Waals surface area contributed by atoms with E-state index in [2.05, 4.69) is 10.5 Å². The predicted octanol–water partition coefficient (Wildman–Crippen LogP) is 3.04. The molecule has 0 radical (unpaired) electrons. The van der Waals surface area contributed by atoms with Crippen LogP contribution in [-0.2, 0) is 0 Å². The summed E-state index contributed by atoms with van der Waals surface area (Å²) in [5, 5.41) is 14.7. The average molecular weight is 241 g/mol. The Morgan fingerprint density at radius 1 is 1.06 bits per heavy atom. The Bertz CT molecular complexity index is 567. The maximum absolute atomic E-state index is 10.8. The number of nitrogens with one attached hydrogen (secondary N) is 1. The molecule has 0 heterocycles. The van der Waals surface area contributed by atoms with Crippen LogP contribution in [0.4, 0.5) is 11.4 Å². The minimum absolute atomic E-state index is 0.00251. The molecular formula is C13H11N3O2. The topological polar surface area (TPSA) is 67.5 Å². The molecule has 0 bridgehead atoms. The number of nitrogens with zero attached hydrogens (tertiary/aromatic N) is 2. The van der Waals surface area contributed by atoms with Crippen LogP contribution in [0.5, 0.6) is 0 Å². The second-order valence-electron chi connectivity index (χ2n) is 3.55. The average Bonchev–Trinajstić information content (AvgIpc) is 2.40. The Morgan fingerprint density at radius 2 is 1.72 bits per heavy atom. The molecule has 18 heavy (non-hydrogen) atoms. The minimum Gasteiger partial charge on any atom is -0.272 e. The SMILES string of the molecule is O=[N+]([O-])c1ccccc1N/N=C\c1ccccc1. The van der Waals surface area contributed by atoms with Gasteiger partial charge in [0.25, 0.3) is 5.69 Å². The number of para-hydroxylation sites is 2. The number of benzene rings is 2. The van der Waals surface area contributed by atoms with Crippen LogP contribution >= 0.6 is 0 Å². The second kappa shape index (κ2) is 5.58. The molecule has 0 unspecified atom stereocenters. The lowest BCUT2D eigenvalue weighted by atomic mass is 10.2. The number of hydrogen-bond acceptors (Lipinski definition) is 4. The van der Waals surface area contributed by atoms with Gasteiger partial charge in [-0.2, -0.15) is 5.10 Å². The van der Waals surface area contributed by atoms with E-state index in [0.29, 0.717) is 5.69 Å². The van der Waals surface area contributed by atoms with Gasteiger partial charge in [-0.3, -0.25) is 15.5 Å². The Morgan fingerprint density at radius 3 is 2.44 bits per heavy atom. The van der Waals surface area contributed by atoms with Crippen LogP contribution < -0.4 is 5.43 Å². The molecule has 5 nitrogen and oxygen atoms in total. The number of hydrogen-bond donors (Lipinski definition) is 1. The third-order valence-corrected chi connectivity index (χ3v) is 2.30. The summed E-state index contributed by atoms with van der Waals surface area (Å²) in [7, 11) is 0. The maximum atomic E-state index is 10.8. The zero-order valence-corrected chi connectivity index (χ0v) is 9.48. The summed E-state index contributed by atoms with van der Waals surface area (Å²) in [5.74, 6) is 0. The van der Waals surface area contributed by atoms with Crippen LogP contribution in [0.15, 0.2) is 59.7 Å². The molecule has 5 heteroatoms. The van der Waals surface area contributed by atoms with Crippen LogP contribution in [-0.4, -0.2) is 11.1 Å². The lowest BCUT2D eigenvalue weighted by Gasteiger charge is -2.00. The van der Waals surface area contributed by atoms with Gasteiger partial charge < -0.3 is 0 Å². The lowest BCUT2D eigenvalue weighted by molar-refractivity contribution is -0.384. The first-order valence-electron chi connectivity index (χ1n) is 5.35. The quantitative estimate of drug-likeness (QED) is 0.508. The largest absolute Gasteiger partial charge is 0.294 e. The lowest BCUT2D eigenvalue weighted by Crippen LogP contribution is -1.96. The van der Waals surface area contributed by atoms with Gasteiger partial charge in [0, 0.05) is 6.07 Å². The van der Waals surface area contributed by atoms with Gasteiger partial charge >= 0.3 is 0 Å². The molecule has 2 aromatic rings. The molecule has 0 aromatic heterocycles. The molecular weight excluding hydrogens is 230 g/mol. The monoisotopic (exact) mass is 241 g/mol. The van der Waals surface area contributed by atoms with Gasteiger partial charge in [0.1, 0.15) is 5.69 Å². The Hall–Kier alpha value is -2.69. The van der Waals surface area contributed by atoms with Crippen molar-refractivity contribution >= 4 is 17.6 Å². The fourth-order valence-electron chi connectivity index (χ4n) is 1.44. The van der Waals surface area contributed by atoms with Gasteiger partial charge in [-0.25, -0.2) is 0 Å². The van der Waals surface area contributed by atoms with E-state index in [0.717, 1.165) is 5.56 Å². The second-order valence-corrected chi connectivity index (χ2v) is 3.55. The molecule has 0 saturated heterocycles. The van der Waals surface area contributed by atoms with Gasteiger partial charge in [-0.05, 0) is 11.6 Å². The maximum Gasteiger partial charge on any atom is 0.294 e. The summed E-state index contributed by atoms with van der Waals surface area (Å²) < 4.78 is 0. The van der Waals surface area contributed by atoms with E-state index < -0.39 is 4.92 Å². The molecule has 0 amide bonds. The van der Waals surface area contributed by atoms with Crippen molar-refractivity contribution in [2.75, 3.05) is 5.43 Å². The molecule has 1 N–H and O–H groups in total. The molecule has 0 atom stereocenters. The van der Waals surface area contributed by atoms with Crippen LogP contribution in [0, 0.1) is 10.1 Å². The first-order valence-corrected chi connectivity index (χ1v) is 5.35. The molecule has 0 saturated carbocycles.